The second-order valence-electron chi connectivity index (χ2n) is 8.03. The molecule has 170 valence electrons. The molecule has 0 radical (unpaired) electrons. The zero-order valence-corrected chi connectivity index (χ0v) is 18.8. The summed E-state index contributed by atoms with van der Waals surface area (Å²) in [7, 11) is 0. The molecule has 2 aliphatic rings. The topological polar surface area (TPSA) is 49.9 Å². The second kappa shape index (κ2) is 9.33. The number of halogens is 4. The van der Waals surface area contributed by atoms with Crippen molar-refractivity contribution in [3.8, 4) is 0 Å². The third kappa shape index (κ3) is 4.34. The monoisotopic (exact) mass is 482 g/mol. The molecule has 0 aromatic heterocycles. The number of hydrogen-bond donors (Lipinski definition) is 0. The molecule has 2 amide bonds. The van der Waals surface area contributed by atoms with Crippen LogP contribution in [0.4, 0.5) is 8.78 Å². The summed E-state index contributed by atoms with van der Waals surface area (Å²) in [6, 6.07) is 8.27. The molecule has 0 aliphatic carbocycles. The molecule has 0 atom stereocenters. The highest BCUT2D eigenvalue weighted by Crippen LogP contribution is 2.41. The number of piperazine rings is 1. The zero-order chi connectivity index (χ0) is 22.9. The van der Waals surface area contributed by atoms with Crippen LogP contribution in [0.1, 0.15) is 28.8 Å². The van der Waals surface area contributed by atoms with E-state index in [1.54, 1.807) is 28.0 Å². The SMILES string of the molecule is O=C(c1ccc(F)c(F)c1)N1CCN(C(=O)C2(c3ccc(Cl)cc3Cl)CCOCC2)CC1. The van der Waals surface area contributed by atoms with Gasteiger partial charge in [-0.2, -0.15) is 0 Å². The van der Waals surface area contributed by atoms with Crippen molar-refractivity contribution in [2.24, 2.45) is 0 Å². The fourth-order valence-corrected chi connectivity index (χ4v) is 5.01. The molecule has 2 saturated heterocycles. The van der Waals surface area contributed by atoms with Crippen LogP contribution in [0.15, 0.2) is 36.4 Å². The first-order chi connectivity index (χ1) is 15.3. The average Bonchev–Trinajstić information content (AvgIpc) is 2.80. The molecule has 2 aromatic carbocycles. The summed E-state index contributed by atoms with van der Waals surface area (Å²) in [5.41, 5.74) is 0.00121. The molecule has 4 rings (SSSR count). The molecule has 0 N–H and O–H groups in total. The normalized spacial score (nSPS) is 18.5. The molecule has 5 nitrogen and oxygen atoms in total. The van der Waals surface area contributed by atoms with E-state index in [4.69, 9.17) is 27.9 Å². The van der Waals surface area contributed by atoms with Crippen LogP contribution < -0.4 is 0 Å². The molecule has 32 heavy (non-hydrogen) atoms. The maximum absolute atomic E-state index is 13.7. The van der Waals surface area contributed by atoms with Gasteiger partial charge in [-0.1, -0.05) is 29.3 Å². The fraction of sp³-hybridized carbons (Fsp3) is 0.391. The molecule has 2 heterocycles. The summed E-state index contributed by atoms with van der Waals surface area (Å²) in [5.74, 6) is -2.51. The van der Waals surface area contributed by atoms with Crippen molar-refractivity contribution in [3.63, 3.8) is 0 Å². The van der Waals surface area contributed by atoms with E-state index in [0.717, 1.165) is 17.7 Å². The first-order valence-electron chi connectivity index (χ1n) is 10.4. The number of hydrogen-bond acceptors (Lipinski definition) is 3. The summed E-state index contributed by atoms with van der Waals surface area (Å²) in [4.78, 5) is 29.7. The number of benzene rings is 2. The van der Waals surface area contributed by atoms with Gasteiger partial charge in [0, 0.05) is 55.0 Å². The summed E-state index contributed by atoms with van der Waals surface area (Å²) in [6.45, 7) is 2.15. The first-order valence-corrected chi connectivity index (χ1v) is 11.1. The van der Waals surface area contributed by atoms with Gasteiger partial charge in [0.15, 0.2) is 11.6 Å². The highest BCUT2D eigenvalue weighted by molar-refractivity contribution is 6.35. The Balaban J connectivity index is 1.50. The molecule has 2 fully saturated rings. The lowest BCUT2D eigenvalue weighted by Crippen LogP contribution is -2.56. The number of nitrogens with zero attached hydrogens (tertiary/aromatic N) is 2. The van der Waals surface area contributed by atoms with Crippen LogP contribution in [0.5, 0.6) is 0 Å². The number of carbonyl (C=O) groups is 2. The van der Waals surface area contributed by atoms with E-state index in [-0.39, 0.29) is 11.5 Å². The van der Waals surface area contributed by atoms with Crippen molar-refractivity contribution in [1.29, 1.82) is 0 Å². The van der Waals surface area contributed by atoms with Crippen molar-refractivity contribution < 1.29 is 23.1 Å². The maximum Gasteiger partial charge on any atom is 0.254 e. The largest absolute Gasteiger partial charge is 0.381 e. The van der Waals surface area contributed by atoms with E-state index in [2.05, 4.69) is 0 Å². The molecule has 2 aliphatic heterocycles. The number of ether oxygens (including phenoxy) is 1. The summed E-state index contributed by atoms with van der Waals surface area (Å²) in [6.07, 6.45) is 1.00. The van der Waals surface area contributed by atoms with E-state index in [0.29, 0.717) is 62.3 Å². The Bertz CT molecular complexity index is 1040. The Hall–Kier alpha value is -2.22. The Kier molecular flexibility index (Phi) is 6.70. The zero-order valence-electron chi connectivity index (χ0n) is 17.3. The molecule has 2 aromatic rings. The van der Waals surface area contributed by atoms with Gasteiger partial charge in [0.25, 0.3) is 5.91 Å². The van der Waals surface area contributed by atoms with Crippen LogP contribution in [-0.4, -0.2) is 61.0 Å². The van der Waals surface area contributed by atoms with Crippen LogP contribution in [0.25, 0.3) is 0 Å². The molecular weight excluding hydrogens is 461 g/mol. The van der Waals surface area contributed by atoms with Crippen LogP contribution >= 0.6 is 23.2 Å². The Morgan fingerprint density at radius 3 is 2.16 bits per heavy atom. The molecule has 9 heteroatoms. The number of amides is 2. The minimum absolute atomic E-state index is 0.0510. The lowest BCUT2D eigenvalue weighted by molar-refractivity contribution is -0.142. The standard InChI is InChI=1S/C23H22Cl2F2N2O3/c24-16-2-3-17(18(25)14-16)23(5-11-32-12-6-23)22(31)29-9-7-28(8-10-29)21(30)15-1-4-19(26)20(27)13-15/h1-4,13-14H,5-12H2. The number of carbonyl (C=O) groups excluding carboxylic acids is 2. The summed E-state index contributed by atoms with van der Waals surface area (Å²) < 4.78 is 32.2. The lowest BCUT2D eigenvalue weighted by Gasteiger charge is -2.43. The van der Waals surface area contributed by atoms with Gasteiger partial charge in [-0.3, -0.25) is 9.59 Å². The number of rotatable bonds is 3. The molecule has 0 spiro atoms. The summed E-state index contributed by atoms with van der Waals surface area (Å²) >= 11 is 12.5. The van der Waals surface area contributed by atoms with Crippen molar-refractivity contribution in [1.82, 2.24) is 9.80 Å². The van der Waals surface area contributed by atoms with Gasteiger partial charge in [0.2, 0.25) is 5.91 Å². The van der Waals surface area contributed by atoms with E-state index < -0.39 is 23.0 Å². The van der Waals surface area contributed by atoms with Crippen LogP contribution in [0.2, 0.25) is 10.0 Å². The van der Waals surface area contributed by atoms with Gasteiger partial charge >= 0.3 is 0 Å². The van der Waals surface area contributed by atoms with Crippen LogP contribution in [0.3, 0.4) is 0 Å². The minimum atomic E-state index is -1.06. The van der Waals surface area contributed by atoms with Gasteiger partial charge in [0.1, 0.15) is 0 Å². The highest BCUT2D eigenvalue weighted by Gasteiger charge is 2.46. The van der Waals surface area contributed by atoms with Crippen molar-refractivity contribution >= 4 is 35.0 Å². The lowest BCUT2D eigenvalue weighted by atomic mass is 9.72. The average molecular weight is 483 g/mol. The maximum atomic E-state index is 13.7. The Morgan fingerprint density at radius 1 is 0.875 bits per heavy atom. The quantitative estimate of drug-likeness (QED) is 0.654. The van der Waals surface area contributed by atoms with Crippen LogP contribution in [0, 0.1) is 11.6 Å². The predicted molar refractivity (Wildman–Crippen MR) is 117 cm³/mol. The van der Waals surface area contributed by atoms with Gasteiger partial charge in [-0.05, 0) is 48.7 Å². The van der Waals surface area contributed by atoms with Crippen molar-refractivity contribution in [3.05, 3.63) is 69.2 Å². The molecule has 0 saturated carbocycles. The molecule has 0 bridgehead atoms. The third-order valence-electron chi connectivity index (χ3n) is 6.22. The molecule has 0 unspecified atom stereocenters. The predicted octanol–water partition coefficient (Wildman–Crippen LogP) is 4.30. The highest BCUT2D eigenvalue weighted by atomic mass is 35.5. The first kappa shape index (κ1) is 23.0. The van der Waals surface area contributed by atoms with E-state index in [1.807, 2.05) is 0 Å². The van der Waals surface area contributed by atoms with Gasteiger partial charge in [-0.15, -0.1) is 0 Å². The van der Waals surface area contributed by atoms with E-state index in [9.17, 15) is 18.4 Å². The Labute approximate surface area is 194 Å². The Morgan fingerprint density at radius 2 is 1.53 bits per heavy atom. The van der Waals surface area contributed by atoms with Crippen LogP contribution in [-0.2, 0) is 14.9 Å². The van der Waals surface area contributed by atoms with Gasteiger partial charge in [0.05, 0.1) is 5.41 Å². The van der Waals surface area contributed by atoms with E-state index in [1.165, 1.54) is 6.07 Å². The summed E-state index contributed by atoms with van der Waals surface area (Å²) in [5, 5.41) is 0.942. The molecular formula is C23H22Cl2F2N2O3. The smallest absolute Gasteiger partial charge is 0.254 e. The second-order valence-corrected chi connectivity index (χ2v) is 8.88. The van der Waals surface area contributed by atoms with Gasteiger partial charge in [-0.25, -0.2) is 8.78 Å². The fourth-order valence-electron chi connectivity index (χ4n) is 4.42. The minimum Gasteiger partial charge on any atom is -0.381 e. The van der Waals surface area contributed by atoms with Gasteiger partial charge < -0.3 is 14.5 Å². The van der Waals surface area contributed by atoms with Crippen molar-refractivity contribution in [2.45, 2.75) is 18.3 Å². The van der Waals surface area contributed by atoms with E-state index >= 15 is 0 Å². The third-order valence-corrected chi connectivity index (χ3v) is 6.77. The van der Waals surface area contributed by atoms with Crippen molar-refractivity contribution in [2.75, 3.05) is 39.4 Å².